The lowest BCUT2D eigenvalue weighted by molar-refractivity contribution is 0.562. The van der Waals surface area contributed by atoms with Crippen molar-refractivity contribution in [2.45, 2.75) is 0 Å². The Morgan fingerprint density at radius 3 is 2.60 bits per heavy atom. The minimum absolute atomic E-state index is 0.158. The molecule has 1 aromatic heterocycles. The first-order chi connectivity index (χ1) is 7.29. The molecule has 6 heteroatoms. The van der Waals surface area contributed by atoms with Gasteiger partial charge in [0.25, 0.3) is 0 Å². The molecule has 2 aromatic rings. The van der Waals surface area contributed by atoms with Crippen LogP contribution < -0.4 is 10.6 Å². The van der Waals surface area contributed by atoms with E-state index < -0.39 is 0 Å². The highest BCUT2D eigenvalue weighted by molar-refractivity contribution is 7.80. The predicted octanol–water partition coefficient (Wildman–Crippen LogP) is 1.45. The number of thiocarbonyl (C=S) groups is 1. The Balaban J connectivity index is 2.42. The van der Waals surface area contributed by atoms with Gasteiger partial charge >= 0.3 is 6.01 Å². The Kier molecular flexibility index (Phi) is 2.59. The third kappa shape index (κ3) is 1.94. The van der Waals surface area contributed by atoms with Gasteiger partial charge in [0.15, 0.2) is 5.11 Å². The highest BCUT2D eigenvalue weighted by Gasteiger charge is 2.16. The first-order valence-corrected chi connectivity index (χ1v) is 4.60. The average molecular weight is 220 g/mol. The summed E-state index contributed by atoms with van der Waals surface area (Å²) in [6, 6.07) is 9.60. The Labute approximate surface area is 91.5 Å². The monoisotopic (exact) mass is 220 g/mol. The van der Waals surface area contributed by atoms with E-state index in [1.54, 1.807) is 0 Å². The molecule has 0 amide bonds. The molecule has 0 radical (unpaired) electrons. The van der Waals surface area contributed by atoms with Gasteiger partial charge in [-0.1, -0.05) is 23.3 Å². The lowest BCUT2D eigenvalue weighted by atomic mass is 10.3. The van der Waals surface area contributed by atoms with Crippen molar-refractivity contribution in [2.75, 3.05) is 4.90 Å². The molecule has 0 aliphatic carbocycles. The summed E-state index contributed by atoms with van der Waals surface area (Å²) < 4.78 is 5.05. The first kappa shape index (κ1) is 9.60. The first-order valence-electron chi connectivity index (χ1n) is 4.20. The summed E-state index contributed by atoms with van der Waals surface area (Å²) in [5, 5.41) is 7.49. The maximum Gasteiger partial charge on any atom is 0.329 e. The largest absolute Gasteiger partial charge is 0.410 e. The number of anilines is 2. The van der Waals surface area contributed by atoms with E-state index in [9.17, 15) is 0 Å². The third-order valence-electron chi connectivity index (χ3n) is 1.77. The minimum atomic E-state index is 0.158. The summed E-state index contributed by atoms with van der Waals surface area (Å²) >= 11 is 4.92. The summed E-state index contributed by atoms with van der Waals surface area (Å²) in [6.07, 6.45) is 1.23. The van der Waals surface area contributed by atoms with Crippen LogP contribution in [0.5, 0.6) is 0 Å². The van der Waals surface area contributed by atoms with Gasteiger partial charge in [0, 0.05) is 0 Å². The zero-order valence-electron chi connectivity index (χ0n) is 7.70. The van der Waals surface area contributed by atoms with Gasteiger partial charge in [-0.3, -0.25) is 0 Å². The zero-order chi connectivity index (χ0) is 10.7. The van der Waals surface area contributed by atoms with E-state index in [1.807, 2.05) is 30.3 Å². The van der Waals surface area contributed by atoms with Gasteiger partial charge in [0.1, 0.15) is 0 Å². The Morgan fingerprint density at radius 2 is 2.07 bits per heavy atom. The second-order valence-corrected chi connectivity index (χ2v) is 3.15. The fraction of sp³-hybridized carbons (Fsp3) is 0. The lowest BCUT2D eigenvalue weighted by Crippen LogP contribution is -2.31. The SMILES string of the molecule is NC(=S)N(c1ccccc1)c1nnco1. The highest BCUT2D eigenvalue weighted by atomic mass is 32.1. The summed E-state index contributed by atoms with van der Waals surface area (Å²) in [5.41, 5.74) is 6.38. The van der Waals surface area contributed by atoms with E-state index >= 15 is 0 Å². The predicted molar refractivity (Wildman–Crippen MR) is 59.7 cm³/mol. The van der Waals surface area contributed by atoms with Crippen molar-refractivity contribution >= 4 is 29.0 Å². The second-order valence-electron chi connectivity index (χ2n) is 2.73. The molecule has 1 aromatic carbocycles. The Morgan fingerprint density at radius 1 is 1.33 bits per heavy atom. The number of hydrogen-bond acceptors (Lipinski definition) is 4. The van der Waals surface area contributed by atoms with Crippen LogP contribution >= 0.6 is 12.2 Å². The van der Waals surface area contributed by atoms with Crippen molar-refractivity contribution < 1.29 is 4.42 Å². The number of nitrogens with zero attached hydrogens (tertiary/aromatic N) is 3. The Bertz CT molecular complexity index is 442. The van der Waals surface area contributed by atoms with Crippen LogP contribution in [-0.2, 0) is 0 Å². The van der Waals surface area contributed by atoms with Crippen LogP contribution in [0.4, 0.5) is 11.7 Å². The van der Waals surface area contributed by atoms with Crippen molar-refractivity contribution in [1.82, 2.24) is 10.2 Å². The van der Waals surface area contributed by atoms with Crippen molar-refractivity contribution in [3.05, 3.63) is 36.7 Å². The standard InChI is InChI=1S/C9H8N4OS/c10-8(15)13(9-12-11-6-14-9)7-4-2-1-3-5-7/h1-6H,(H2,10,15). The molecule has 15 heavy (non-hydrogen) atoms. The quantitative estimate of drug-likeness (QED) is 0.772. The summed E-state index contributed by atoms with van der Waals surface area (Å²) in [6.45, 7) is 0. The Hall–Kier alpha value is -1.95. The van der Waals surface area contributed by atoms with Gasteiger partial charge in [0.2, 0.25) is 6.39 Å². The van der Waals surface area contributed by atoms with Gasteiger partial charge in [-0.25, -0.2) is 4.90 Å². The van der Waals surface area contributed by atoms with Crippen LogP contribution in [0.25, 0.3) is 0 Å². The molecule has 0 aliphatic heterocycles. The van der Waals surface area contributed by atoms with Gasteiger partial charge in [-0.05, 0) is 24.4 Å². The zero-order valence-corrected chi connectivity index (χ0v) is 8.52. The van der Waals surface area contributed by atoms with Crippen molar-refractivity contribution in [3.63, 3.8) is 0 Å². The van der Waals surface area contributed by atoms with E-state index in [-0.39, 0.29) is 11.1 Å². The molecule has 0 fully saturated rings. The van der Waals surface area contributed by atoms with Crippen LogP contribution in [0.3, 0.4) is 0 Å². The summed E-state index contributed by atoms with van der Waals surface area (Å²) in [5.74, 6) is 0. The minimum Gasteiger partial charge on any atom is -0.410 e. The lowest BCUT2D eigenvalue weighted by Gasteiger charge is -2.17. The molecule has 1 heterocycles. The van der Waals surface area contributed by atoms with Crippen molar-refractivity contribution in [3.8, 4) is 0 Å². The maximum atomic E-state index is 5.59. The molecule has 0 unspecified atom stereocenters. The number of aromatic nitrogens is 2. The highest BCUT2D eigenvalue weighted by Crippen LogP contribution is 2.21. The van der Waals surface area contributed by atoms with Gasteiger partial charge in [-0.15, -0.1) is 5.10 Å². The molecule has 0 aliphatic rings. The average Bonchev–Trinajstić information content (AvgIpc) is 2.72. The molecule has 2 rings (SSSR count). The molecule has 0 saturated heterocycles. The molecule has 0 saturated carbocycles. The van der Waals surface area contributed by atoms with E-state index in [0.29, 0.717) is 0 Å². The van der Waals surface area contributed by atoms with Gasteiger partial charge in [-0.2, -0.15) is 0 Å². The number of hydrogen-bond donors (Lipinski definition) is 1. The molecule has 0 bridgehead atoms. The smallest absolute Gasteiger partial charge is 0.329 e. The fourth-order valence-corrected chi connectivity index (χ4v) is 1.36. The van der Waals surface area contributed by atoms with Crippen LogP contribution in [-0.4, -0.2) is 15.3 Å². The fourth-order valence-electron chi connectivity index (χ4n) is 1.17. The molecule has 0 atom stereocenters. The van der Waals surface area contributed by atoms with Gasteiger partial charge in [0.05, 0.1) is 5.69 Å². The molecule has 2 N–H and O–H groups in total. The normalized spacial score (nSPS) is 9.87. The van der Waals surface area contributed by atoms with Crippen LogP contribution in [0.15, 0.2) is 41.1 Å². The van der Waals surface area contributed by atoms with Crippen LogP contribution in [0, 0.1) is 0 Å². The number of para-hydroxylation sites is 1. The molecular weight excluding hydrogens is 212 g/mol. The molecule has 76 valence electrons. The molecule has 5 nitrogen and oxygen atoms in total. The number of rotatable bonds is 2. The van der Waals surface area contributed by atoms with E-state index in [0.717, 1.165) is 5.69 Å². The maximum absolute atomic E-state index is 5.59. The summed E-state index contributed by atoms with van der Waals surface area (Å²) in [7, 11) is 0. The molecular formula is C9H8N4OS. The van der Waals surface area contributed by atoms with Crippen molar-refractivity contribution in [1.29, 1.82) is 0 Å². The van der Waals surface area contributed by atoms with Crippen LogP contribution in [0.1, 0.15) is 0 Å². The molecule has 0 spiro atoms. The van der Waals surface area contributed by atoms with Gasteiger partial charge < -0.3 is 10.2 Å². The van der Waals surface area contributed by atoms with E-state index in [4.69, 9.17) is 22.4 Å². The topological polar surface area (TPSA) is 68.2 Å². The van der Waals surface area contributed by atoms with Crippen LogP contribution in [0.2, 0.25) is 0 Å². The second kappa shape index (κ2) is 4.05. The van der Waals surface area contributed by atoms with E-state index in [2.05, 4.69) is 10.2 Å². The third-order valence-corrected chi connectivity index (χ3v) is 1.96. The van der Waals surface area contributed by atoms with Crippen molar-refractivity contribution in [2.24, 2.45) is 5.73 Å². The summed E-state index contributed by atoms with van der Waals surface area (Å²) in [4.78, 5) is 1.50. The number of nitrogens with two attached hydrogens (primary N) is 1. The number of benzene rings is 1. The van der Waals surface area contributed by atoms with E-state index in [1.165, 1.54) is 11.3 Å².